The Labute approximate surface area is 173 Å². The van der Waals surface area contributed by atoms with Crippen molar-refractivity contribution in [3.63, 3.8) is 0 Å². The Bertz CT molecular complexity index is 1140. The number of anilines is 3. The van der Waals surface area contributed by atoms with E-state index in [0.717, 1.165) is 17.7 Å². The predicted octanol–water partition coefficient (Wildman–Crippen LogP) is 3.95. The van der Waals surface area contributed by atoms with Crippen molar-refractivity contribution in [3.05, 3.63) is 60.2 Å². The zero-order chi connectivity index (χ0) is 20.9. The Kier molecular flexibility index (Phi) is 5.42. The van der Waals surface area contributed by atoms with E-state index in [4.69, 9.17) is 15.2 Å². The first-order chi connectivity index (χ1) is 14.6. The highest BCUT2D eigenvalue weighted by Crippen LogP contribution is 2.26. The van der Waals surface area contributed by atoms with E-state index in [1.54, 1.807) is 18.2 Å². The van der Waals surface area contributed by atoms with Gasteiger partial charge in [0.15, 0.2) is 5.82 Å². The number of nitrogens with one attached hydrogen (secondary N) is 2. The third kappa shape index (κ3) is 4.46. The van der Waals surface area contributed by atoms with E-state index >= 15 is 0 Å². The number of aromatic amines is 1. The van der Waals surface area contributed by atoms with Crippen LogP contribution in [0.4, 0.5) is 17.6 Å². The van der Waals surface area contributed by atoms with Crippen LogP contribution in [-0.4, -0.2) is 32.3 Å². The van der Waals surface area contributed by atoms with Crippen LogP contribution in [0.3, 0.4) is 0 Å². The minimum absolute atomic E-state index is 0.0760. The molecule has 4 rings (SSSR count). The number of H-pyrrole nitrogens is 1. The number of hydrogen-bond acceptors (Lipinski definition) is 8. The third-order valence-electron chi connectivity index (χ3n) is 4.33. The van der Waals surface area contributed by atoms with Crippen molar-refractivity contribution in [2.45, 2.75) is 13.3 Å². The molecular weight excluding hydrogens is 382 g/mol. The molecule has 0 bridgehead atoms. The Morgan fingerprint density at radius 2 is 1.80 bits per heavy atom. The van der Waals surface area contributed by atoms with E-state index < -0.39 is 0 Å². The summed E-state index contributed by atoms with van der Waals surface area (Å²) in [7, 11) is 1.50. The topological polar surface area (TPSA) is 124 Å². The van der Waals surface area contributed by atoms with Crippen molar-refractivity contribution >= 4 is 17.6 Å². The van der Waals surface area contributed by atoms with Crippen LogP contribution in [0.25, 0.3) is 11.4 Å². The summed E-state index contributed by atoms with van der Waals surface area (Å²) in [5.74, 6) is 2.44. The van der Waals surface area contributed by atoms with E-state index in [9.17, 15) is 0 Å². The molecule has 0 radical (unpaired) electrons. The summed E-state index contributed by atoms with van der Waals surface area (Å²) in [6.45, 7) is 2.12. The summed E-state index contributed by atoms with van der Waals surface area (Å²) < 4.78 is 10.8. The van der Waals surface area contributed by atoms with E-state index in [2.05, 4.69) is 49.5 Å². The number of nitrogens with two attached hydrogens (primary N) is 1. The van der Waals surface area contributed by atoms with E-state index in [-0.39, 0.29) is 5.95 Å². The molecule has 0 fully saturated rings. The Morgan fingerprint density at radius 3 is 2.57 bits per heavy atom. The number of methoxy groups -OCH3 is 1. The van der Waals surface area contributed by atoms with E-state index in [1.807, 2.05) is 24.3 Å². The van der Waals surface area contributed by atoms with E-state index in [1.165, 1.54) is 12.7 Å². The van der Waals surface area contributed by atoms with Crippen LogP contribution in [0.2, 0.25) is 0 Å². The number of nitrogens with zero attached hydrogens (tertiary/aromatic N) is 4. The summed E-state index contributed by atoms with van der Waals surface area (Å²) in [6.07, 6.45) is 0.970. The minimum atomic E-state index is 0.0760. The lowest BCUT2D eigenvalue weighted by Crippen LogP contribution is -1.99. The quantitative estimate of drug-likeness (QED) is 0.424. The van der Waals surface area contributed by atoms with Gasteiger partial charge in [-0.15, -0.1) is 5.10 Å². The maximum Gasteiger partial charge on any atom is 0.246 e. The molecule has 0 atom stereocenters. The second kappa shape index (κ2) is 8.48. The Hall–Kier alpha value is -4.14. The van der Waals surface area contributed by atoms with Gasteiger partial charge in [0.05, 0.1) is 13.2 Å². The van der Waals surface area contributed by atoms with Gasteiger partial charge in [-0.3, -0.25) is 5.10 Å². The molecule has 4 aromatic rings. The van der Waals surface area contributed by atoms with Gasteiger partial charge in [0.25, 0.3) is 0 Å². The lowest BCUT2D eigenvalue weighted by atomic mass is 10.1. The van der Waals surface area contributed by atoms with Crippen LogP contribution in [0.5, 0.6) is 17.5 Å². The first kappa shape index (κ1) is 19.2. The number of ether oxygens (including phenoxy) is 2. The molecule has 2 aromatic heterocycles. The molecule has 0 aliphatic heterocycles. The molecule has 0 saturated heterocycles. The number of nitrogen functional groups attached to an aromatic ring is 1. The molecule has 30 heavy (non-hydrogen) atoms. The van der Waals surface area contributed by atoms with Crippen molar-refractivity contribution in [1.82, 2.24) is 25.1 Å². The number of aromatic nitrogens is 5. The van der Waals surface area contributed by atoms with Crippen LogP contribution in [0.1, 0.15) is 12.5 Å². The van der Waals surface area contributed by atoms with Crippen molar-refractivity contribution in [3.8, 4) is 28.9 Å². The van der Waals surface area contributed by atoms with Gasteiger partial charge in [0.2, 0.25) is 23.7 Å². The molecule has 152 valence electrons. The molecule has 0 unspecified atom stereocenters. The maximum atomic E-state index is 5.73. The highest BCUT2D eigenvalue weighted by atomic mass is 16.5. The number of rotatable bonds is 7. The smallest absolute Gasteiger partial charge is 0.246 e. The number of hydrogen-bond donors (Lipinski definition) is 3. The van der Waals surface area contributed by atoms with Gasteiger partial charge in [-0.2, -0.15) is 15.0 Å². The number of benzene rings is 2. The van der Waals surface area contributed by atoms with Crippen molar-refractivity contribution < 1.29 is 9.47 Å². The lowest BCUT2D eigenvalue weighted by molar-refractivity contribution is 0.389. The van der Waals surface area contributed by atoms with Crippen LogP contribution >= 0.6 is 0 Å². The fourth-order valence-electron chi connectivity index (χ4n) is 2.82. The van der Waals surface area contributed by atoms with E-state index in [0.29, 0.717) is 29.3 Å². The highest BCUT2D eigenvalue weighted by molar-refractivity contribution is 5.60. The molecule has 0 spiro atoms. The SMILES string of the molecule is CCc1cccc(Nc2n[nH]c(-c3ccc(Oc4cc(OC)nc(N)n4)cc3)n2)c1. The highest BCUT2D eigenvalue weighted by Gasteiger charge is 2.08. The molecule has 0 aliphatic rings. The summed E-state index contributed by atoms with van der Waals surface area (Å²) in [5.41, 5.74) is 8.71. The summed E-state index contributed by atoms with van der Waals surface area (Å²) in [4.78, 5) is 12.5. The second-order valence-electron chi connectivity index (χ2n) is 6.42. The van der Waals surface area contributed by atoms with Crippen LogP contribution in [-0.2, 0) is 6.42 Å². The Balaban J connectivity index is 1.46. The molecule has 4 N–H and O–H groups in total. The standard InChI is InChI=1S/C21H21N7O2/c1-3-13-5-4-6-15(11-13)23-21-26-19(27-28-21)14-7-9-16(10-8-14)30-18-12-17(29-2)24-20(22)25-18/h4-12H,3H2,1-2H3,(H2,22,24,25)(H2,23,26,27,28). The molecule has 2 aromatic carbocycles. The van der Waals surface area contributed by atoms with Gasteiger partial charge in [0.1, 0.15) is 5.75 Å². The van der Waals surface area contributed by atoms with Crippen LogP contribution in [0.15, 0.2) is 54.6 Å². The molecule has 0 saturated carbocycles. The largest absolute Gasteiger partial charge is 0.481 e. The zero-order valence-corrected chi connectivity index (χ0v) is 16.6. The average Bonchev–Trinajstić information content (AvgIpc) is 3.22. The second-order valence-corrected chi connectivity index (χ2v) is 6.42. The Morgan fingerprint density at radius 1 is 1.00 bits per heavy atom. The monoisotopic (exact) mass is 403 g/mol. The molecule has 0 amide bonds. The minimum Gasteiger partial charge on any atom is -0.481 e. The van der Waals surface area contributed by atoms with Crippen molar-refractivity contribution in [2.24, 2.45) is 0 Å². The molecule has 9 heteroatoms. The van der Waals surface area contributed by atoms with Gasteiger partial charge < -0.3 is 20.5 Å². The van der Waals surface area contributed by atoms with Gasteiger partial charge in [-0.1, -0.05) is 19.1 Å². The average molecular weight is 403 g/mol. The van der Waals surface area contributed by atoms with Gasteiger partial charge in [-0.05, 0) is 48.4 Å². The van der Waals surface area contributed by atoms with Crippen molar-refractivity contribution in [2.75, 3.05) is 18.2 Å². The molecule has 9 nitrogen and oxygen atoms in total. The third-order valence-corrected chi connectivity index (χ3v) is 4.33. The molecular formula is C21H21N7O2. The summed E-state index contributed by atoms with van der Waals surface area (Å²) in [5, 5.41) is 10.4. The lowest BCUT2D eigenvalue weighted by Gasteiger charge is -2.07. The zero-order valence-electron chi connectivity index (χ0n) is 16.6. The van der Waals surface area contributed by atoms with Crippen LogP contribution < -0.4 is 20.5 Å². The van der Waals surface area contributed by atoms with Crippen molar-refractivity contribution in [1.29, 1.82) is 0 Å². The fraction of sp³-hybridized carbons (Fsp3) is 0.143. The normalized spacial score (nSPS) is 10.6. The maximum absolute atomic E-state index is 5.73. The van der Waals surface area contributed by atoms with Gasteiger partial charge in [0, 0.05) is 11.3 Å². The first-order valence-electron chi connectivity index (χ1n) is 9.38. The fourth-order valence-corrected chi connectivity index (χ4v) is 2.82. The first-order valence-corrected chi connectivity index (χ1v) is 9.38. The van der Waals surface area contributed by atoms with Crippen LogP contribution in [0, 0.1) is 0 Å². The summed E-state index contributed by atoms with van der Waals surface area (Å²) >= 11 is 0. The number of aryl methyl sites for hydroxylation is 1. The predicted molar refractivity (Wildman–Crippen MR) is 114 cm³/mol. The molecule has 2 heterocycles. The van der Waals surface area contributed by atoms with Gasteiger partial charge >= 0.3 is 0 Å². The van der Waals surface area contributed by atoms with Gasteiger partial charge in [-0.25, -0.2) is 0 Å². The summed E-state index contributed by atoms with van der Waals surface area (Å²) in [6, 6.07) is 17.1. The molecule has 0 aliphatic carbocycles.